The van der Waals surface area contributed by atoms with Crippen LogP contribution in [0.15, 0.2) is 55.6 Å². The summed E-state index contributed by atoms with van der Waals surface area (Å²) in [5, 5.41) is 61.0. The van der Waals surface area contributed by atoms with Crippen molar-refractivity contribution in [2.75, 3.05) is 75.6 Å². The first-order valence-corrected chi connectivity index (χ1v) is 44.4. The minimum absolute atomic E-state index is 0.0226. The number of hydrogen-bond acceptors (Lipinski definition) is 37. The third-order valence-electron chi connectivity index (χ3n) is 15.8. The van der Waals surface area contributed by atoms with Gasteiger partial charge in [-0.1, -0.05) is 88.0 Å². The van der Waals surface area contributed by atoms with E-state index in [2.05, 4.69) is 68.8 Å². The van der Waals surface area contributed by atoms with E-state index < -0.39 is 175 Å². The van der Waals surface area contributed by atoms with E-state index in [0.29, 0.717) is 36.3 Å². The Kier molecular flexibility index (Phi) is 36.0. The monoisotopic (exact) mass is 1780 g/mol. The van der Waals surface area contributed by atoms with Crippen LogP contribution in [0.3, 0.4) is 0 Å². The van der Waals surface area contributed by atoms with Gasteiger partial charge in [0.2, 0.25) is 28.7 Å². The van der Waals surface area contributed by atoms with Gasteiger partial charge in [0.1, 0.15) is 72.5 Å². The highest BCUT2D eigenvalue weighted by Crippen LogP contribution is 2.63. The van der Waals surface area contributed by atoms with Crippen LogP contribution >= 0.6 is 70.5 Å². The van der Waals surface area contributed by atoms with Gasteiger partial charge in [-0.05, 0) is 12.8 Å². The number of fused-ring (bicyclic) bond motifs is 2. The molecule has 7 rings (SSSR count). The van der Waals surface area contributed by atoms with E-state index in [1.54, 1.807) is 30.3 Å². The molecule has 2 aliphatic rings. The fraction of sp³-hybridized carbons (Fsp3) is 0.589. The predicted octanol–water partition coefficient (Wildman–Crippen LogP) is -0.322. The highest BCUT2D eigenvalue weighted by Gasteiger charge is 2.53. The van der Waals surface area contributed by atoms with Gasteiger partial charge in [-0.15, -0.1) is 0 Å². The number of hydrogen-bond donors (Lipinski definition) is 19. The van der Waals surface area contributed by atoms with Gasteiger partial charge < -0.3 is 107 Å². The first-order valence-electron chi connectivity index (χ1n) is 33.4. The number of nitrogen functional groups attached to an aromatic ring is 2. The SMILES string of the molecule is CC(C)(COP(=O)(O)OP(=O)(O)OC[C@H]1O[C@@H](n2cnc3c(N)ncnc32)[C@H](O)[C@@H]1OP(=O)(O)O)[C@@H](O)C(=O)NCCC(=O)NCCSC(=O)CCCCCC(=O)O.CC(C)(COP(=O)(O)OP(=O)(O)OC[C@H]1O[C@@H](n2cnc3c(N)ncnc32)[C@H](O)[C@@H]1OP(=O)(O)O)[C@@H](O)C(=O)NCCC(=O)NCCSC(=O)c1ccccc1. The Bertz CT molecular complexity index is 4450. The maximum absolute atomic E-state index is 12.7. The number of carboxylic acid groups (broad SMARTS) is 1. The number of ether oxygens (including phenoxy) is 2. The second-order valence-electron chi connectivity index (χ2n) is 25.8. The predicted molar refractivity (Wildman–Crippen MR) is 391 cm³/mol. The van der Waals surface area contributed by atoms with Crippen LogP contribution in [-0.2, 0) is 101 Å². The molecule has 114 heavy (non-hydrogen) atoms. The summed E-state index contributed by atoms with van der Waals surface area (Å²) < 4.78 is 124. The van der Waals surface area contributed by atoms with E-state index in [0.717, 1.165) is 58.0 Å². The molecule has 4 aromatic heterocycles. The van der Waals surface area contributed by atoms with E-state index in [9.17, 15) is 121 Å². The fourth-order valence-corrected chi connectivity index (χ4v) is 17.1. The summed E-state index contributed by atoms with van der Waals surface area (Å²) >= 11 is 2.04. The van der Waals surface area contributed by atoms with Crippen molar-refractivity contribution >= 4 is 144 Å². The first kappa shape index (κ1) is 96.6. The molecule has 0 radical (unpaired) electrons. The van der Waals surface area contributed by atoms with Gasteiger partial charge in [-0.25, -0.2) is 57.3 Å². The summed E-state index contributed by atoms with van der Waals surface area (Å²) in [7, 11) is -32.8. The van der Waals surface area contributed by atoms with Crippen LogP contribution in [0, 0.1) is 10.8 Å². The van der Waals surface area contributed by atoms with Crippen LogP contribution in [0.2, 0.25) is 0 Å². The standard InChI is InChI=1S/C28H46N7O19P3S.C28H40N7O17P3S/c1-28(2,23(41)26(42)31-9-8-17(36)30-10-11-58-19(39)7-5-3-4-6-18(37)38)13-51-57(48,49)54-56(46,47)50-12-16-22(53-55(43,44)45)21(40)27(52-16)35-15-34-20-24(29)32-14-33-25(20)35;1-28(2,22(38)25(39)31-9-8-18(36)30-10-11-56-27(40)16-6-4-3-5-7-16)13-49-55(46,47)52-54(44,45)48-12-17-21(51-53(41,42)43)20(37)26(50-17)35-15-34-19-23(29)32-14-33-24(19)35/h14-16,21-23,27,40-41H,3-13H2,1-2H3,(H,30,36)(H,31,42)(H,37,38)(H,46,47)(H,48,49)(H2,29,32,33)(H2,43,44,45);3-7,14-15,17,20-22,26,37-38H,8-13H2,1-2H3,(H,30,36)(H,31,39)(H,44,45)(H,46,47)(H2,29,32,33)(H2,41,42,43)/t16-,21-,22-,23+,27-;17-,20-,21-,22+,26-/m11/s1. The van der Waals surface area contributed by atoms with Crippen LogP contribution < -0.4 is 32.7 Å². The van der Waals surface area contributed by atoms with Crippen molar-refractivity contribution in [3.05, 3.63) is 61.2 Å². The average Bonchev–Trinajstić information content (AvgIpc) is 1.62. The molecule has 0 bridgehead atoms. The molecule has 50 nitrogen and oxygen atoms in total. The average molecular weight is 1780 g/mol. The van der Waals surface area contributed by atoms with Crippen LogP contribution in [0.25, 0.3) is 22.3 Å². The van der Waals surface area contributed by atoms with Gasteiger partial charge in [0.05, 0.1) is 39.1 Å². The number of phosphoric acid groups is 6. The van der Waals surface area contributed by atoms with Crippen molar-refractivity contribution in [3.63, 3.8) is 0 Å². The lowest BCUT2D eigenvalue weighted by Gasteiger charge is -2.30. The molecule has 638 valence electrons. The number of nitrogens with two attached hydrogens (primary N) is 2. The molecule has 4 unspecified atom stereocenters. The van der Waals surface area contributed by atoms with Gasteiger partial charge in [0.25, 0.3) is 0 Å². The molecule has 2 saturated heterocycles. The maximum atomic E-state index is 12.7. The molecule has 0 saturated carbocycles. The summed E-state index contributed by atoms with van der Waals surface area (Å²) in [5.41, 5.74) is 9.00. The lowest BCUT2D eigenvalue weighted by molar-refractivity contribution is -0.138. The molecule has 6 heterocycles. The zero-order valence-corrected chi connectivity index (χ0v) is 67.4. The van der Waals surface area contributed by atoms with Crippen LogP contribution in [0.1, 0.15) is 95.5 Å². The van der Waals surface area contributed by atoms with Crippen molar-refractivity contribution in [1.29, 1.82) is 0 Å². The highest BCUT2D eigenvalue weighted by molar-refractivity contribution is 8.14. The molecule has 2 fully saturated rings. The van der Waals surface area contributed by atoms with Gasteiger partial charge in [-0.3, -0.25) is 69.8 Å². The zero-order valence-electron chi connectivity index (χ0n) is 60.4. The smallest absolute Gasteiger partial charge is 0.481 e. The van der Waals surface area contributed by atoms with Crippen molar-refractivity contribution in [2.24, 2.45) is 10.8 Å². The van der Waals surface area contributed by atoms with Crippen LogP contribution in [0.5, 0.6) is 0 Å². The zero-order chi connectivity index (χ0) is 85.0. The number of rotatable bonds is 45. The number of aliphatic hydroxyl groups is 4. The summed E-state index contributed by atoms with van der Waals surface area (Å²) in [6, 6.07) is 8.58. The van der Waals surface area contributed by atoms with Gasteiger partial charge in [-0.2, -0.15) is 8.62 Å². The van der Waals surface area contributed by atoms with Crippen molar-refractivity contribution < 1.29 is 171 Å². The second kappa shape index (κ2) is 42.5. The quantitative estimate of drug-likeness (QED) is 0.0175. The molecule has 14 atom stereocenters. The Morgan fingerprint density at radius 2 is 0.930 bits per heavy atom. The Labute approximate surface area is 654 Å². The number of aliphatic hydroxyl groups excluding tert-OH is 4. The highest BCUT2D eigenvalue weighted by atomic mass is 32.2. The summed E-state index contributed by atoms with van der Waals surface area (Å²) in [6.07, 6.45) is -12.0. The largest absolute Gasteiger partial charge is 0.481 e. The summed E-state index contributed by atoms with van der Waals surface area (Å²) in [6.45, 7) is 0.803. The number of unbranched alkanes of at least 4 members (excludes halogenated alkanes) is 2. The minimum atomic E-state index is -5.58. The van der Waals surface area contributed by atoms with Gasteiger partial charge in [0.15, 0.2) is 40.5 Å². The Hall–Kier alpha value is -6.19. The first-order chi connectivity index (χ1) is 53.0. The molecule has 58 heteroatoms. The van der Waals surface area contributed by atoms with Crippen molar-refractivity contribution in [3.8, 4) is 0 Å². The number of benzene rings is 1. The normalized spacial score (nSPS) is 21.4. The minimum Gasteiger partial charge on any atom is -0.481 e. The molecule has 4 amide bonds. The van der Waals surface area contributed by atoms with Crippen molar-refractivity contribution in [1.82, 2.24) is 60.3 Å². The van der Waals surface area contributed by atoms with Crippen LogP contribution in [0.4, 0.5) is 11.6 Å². The number of carbonyl (C=O) groups excluding carboxylic acids is 6. The van der Waals surface area contributed by atoms with E-state index in [1.165, 1.54) is 27.7 Å². The Balaban J connectivity index is 0.000000355. The topological polar surface area (TPSA) is 765 Å². The molecule has 0 aliphatic carbocycles. The summed E-state index contributed by atoms with van der Waals surface area (Å²) in [4.78, 5) is 186. The maximum Gasteiger partial charge on any atom is 0.481 e. The molecule has 2 aliphatic heterocycles. The number of nitrogens with zero attached hydrogens (tertiary/aromatic N) is 8. The van der Waals surface area contributed by atoms with E-state index in [4.69, 9.17) is 44.1 Å². The third kappa shape index (κ3) is 30.9. The second-order valence-corrected chi connectivity index (χ2v) is 36.5. The van der Waals surface area contributed by atoms with Crippen molar-refractivity contribution in [2.45, 2.75) is 134 Å². The summed E-state index contributed by atoms with van der Waals surface area (Å²) in [5.74, 6) is -3.29. The lowest BCUT2D eigenvalue weighted by atomic mass is 9.87. The fourth-order valence-electron chi connectivity index (χ4n) is 10.0. The van der Waals surface area contributed by atoms with E-state index >= 15 is 0 Å². The lowest BCUT2D eigenvalue weighted by Crippen LogP contribution is -2.46. The number of carbonyl (C=O) groups is 7. The molecular weight excluding hydrogens is 1690 g/mol. The van der Waals surface area contributed by atoms with E-state index in [-0.39, 0.29) is 96.1 Å². The Morgan fingerprint density at radius 3 is 1.33 bits per heavy atom. The number of aliphatic carboxylic acids is 1. The van der Waals surface area contributed by atoms with Gasteiger partial charge in [0, 0.05) is 79.8 Å². The van der Waals surface area contributed by atoms with Crippen LogP contribution in [-0.4, -0.2) is 256 Å². The number of amides is 4. The van der Waals surface area contributed by atoms with Gasteiger partial charge >= 0.3 is 52.9 Å². The molecule has 0 spiro atoms. The van der Waals surface area contributed by atoms with E-state index in [1.807, 2.05) is 0 Å². The number of phosphoric ester groups is 6. The number of aromatic nitrogens is 8. The molecule has 21 N–H and O–H groups in total. The molecular formula is C56H86N14O36P6S2. The number of carboxylic acids is 1. The molecule has 5 aromatic rings. The number of nitrogens with one attached hydrogen (secondary N) is 4. The third-order valence-corrected chi connectivity index (χ3v) is 23.8. The number of anilines is 2. The number of imidazole rings is 2. The number of thioether (sulfide) groups is 2. The Morgan fingerprint density at radius 1 is 0.535 bits per heavy atom. The molecule has 1 aromatic carbocycles.